The van der Waals surface area contributed by atoms with Crippen molar-refractivity contribution in [2.24, 2.45) is 5.73 Å². The number of benzene rings is 1. The van der Waals surface area contributed by atoms with Gasteiger partial charge in [-0.05, 0) is 19.4 Å². The molecule has 0 amide bonds. The Morgan fingerprint density at radius 3 is 2.38 bits per heavy atom. The average molecular weight is 195 g/mol. The molecule has 1 aromatic carbocycles. The molecule has 2 N–H and O–H groups in total. The summed E-state index contributed by atoms with van der Waals surface area (Å²) in [6.07, 6.45) is 0. The maximum absolute atomic E-state index is 5.70. The first kappa shape index (κ1) is 10.6. The van der Waals surface area contributed by atoms with Crippen LogP contribution in [-0.4, -0.2) is 11.8 Å². The van der Waals surface area contributed by atoms with Gasteiger partial charge in [0.15, 0.2) is 0 Å². The van der Waals surface area contributed by atoms with E-state index in [1.807, 2.05) is 24.8 Å². The smallest absolute Gasteiger partial charge is 0.0269 e. The van der Waals surface area contributed by atoms with Crippen molar-refractivity contribution in [2.75, 3.05) is 5.75 Å². The van der Waals surface area contributed by atoms with Gasteiger partial charge in [0.05, 0.1) is 0 Å². The van der Waals surface area contributed by atoms with Gasteiger partial charge < -0.3 is 5.73 Å². The van der Waals surface area contributed by atoms with E-state index in [4.69, 9.17) is 5.73 Å². The van der Waals surface area contributed by atoms with Crippen LogP contribution in [0.3, 0.4) is 0 Å². The van der Waals surface area contributed by atoms with E-state index in [2.05, 4.69) is 31.2 Å². The zero-order valence-electron chi connectivity index (χ0n) is 8.23. The molecular weight excluding hydrogens is 178 g/mol. The van der Waals surface area contributed by atoms with Crippen molar-refractivity contribution in [1.29, 1.82) is 0 Å². The minimum absolute atomic E-state index is 0.288. The molecule has 0 saturated carbocycles. The van der Waals surface area contributed by atoms with E-state index in [1.54, 1.807) is 0 Å². The van der Waals surface area contributed by atoms with E-state index < -0.39 is 0 Å². The van der Waals surface area contributed by atoms with Gasteiger partial charge in [-0.2, -0.15) is 11.8 Å². The van der Waals surface area contributed by atoms with Crippen LogP contribution < -0.4 is 5.73 Å². The highest BCUT2D eigenvalue weighted by Crippen LogP contribution is 2.27. The number of hydrogen-bond donors (Lipinski definition) is 1. The van der Waals surface area contributed by atoms with E-state index in [1.165, 1.54) is 5.56 Å². The quantitative estimate of drug-likeness (QED) is 0.799. The maximum atomic E-state index is 5.70. The van der Waals surface area contributed by atoms with Crippen molar-refractivity contribution in [3.63, 3.8) is 0 Å². The van der Waals surface area contributed by atoms with Gasteiger partial charge in [0.2, 0.25) is 0 Å². The van der Waals surface area contributed by atoms with Crippen LogP contribution in [0.2, 0.25) is 0 Å². The molecule has 0 bridgehead atoms. The van der Waals surface area contributed by atoms with Gasteiger partial charge in [-0.25, -0.2) is 0 Å². The first-order valence-corrected chi connectivity index (χ1v) is 5.67. The molecule has 0 fully saturated rings. The summed E-state index contributed by atoms with van der Waals surface area (Å²) >= 11 is 1.91. The zero-order chi connectivity index (χ0) is 9.68. The summed E-state index contributed by atoms with van der Waals surface area (Å²) < 4.78 is 0. The fraction of sp³-hybridized carbons (Fsp3) is 0.455. The monoisotopic (exact) mass is 195 g/mol. The molecule has 0 aliphatic heterocycles. The normalized spacial score (nSPS) is 15.3. The summed E-state index contributed by atoms with van der Waals surface area (Å²) in [5.74, 6) is 1.02. The van der Waals surface area contributed by atoms with Crippen LogP contribution in [0.15, 0.2) is 30.3 Å². The van der Waals surface area contributed by atoms with Crippen LogP contribution in [0.25, 0.3) is 0 Å². The molecule has 2 unspecified atom stereocenters. The minimum Gasteiger partial charge on any atom is -0.327 e. The van der Waals surface area contributed by atoms with E-state index in [0.29, 0.717) is 5.25 Å². The molecule has 0 heterocycles. The molecule has 72 valence electrons. The summed E-state index contributed by atoms with van der Waals surface area (Å²) in [6, 6.07) is 10.8. The van der Waals surface area contributed by atoms with Gasteiger partial charge in [-0.15, -0.1) is 0 Å². The van der Waals surface area contributed by atoms with Gasteiger partial charge in [-0.3, -0.25) is 0 Å². The molecular formula is C11H17NS. The Labute approximate surface area is 84.7 Å². The summed E-state index contributed by atoms with van der Waals surface area (Å²) in [5.41, 5.74) is 7.08. The fourth-order valence-electron chi connectivity index (χ4n) is 1.12. The molecule has 2 heteroatoms. The van der Waals surface area contributed by atoms with Crippen molar-refractivity contribution in [2.45, 2.75) is 25.1 Å². The van der Waals surface area contributed by atoms with E-state index in [0.717, 1.165) is 5.75 Å². The Bertz CT molecular complexity index is 233. The molecule has 0 aliphatic rings. The Morgan fingerprint density at radius 2 is 1.85 bits per heavy atom. The lowest BCUT2D eigenvalue weighted by atomic mass is 10.2. The fourth-order valence-corrected chi connectivity index (χ4v) is 2.06. The number of hydrogen-bond acceptors (Lipinski definition) is 2. The first-order chi connectivity index (χ1) is 6.20. The third-order valence-electron chi connectivity index (χ3n) is 1.88. The van der Waals surface area contributed by atoms with Crippen LogP contribution >= 0.6 is 11.8 Å². The third-order valence-corrected chi connectivity index (χ3v) is 3.37. The second kappa shape index (κ2) is 5.30. The number of rotatable bonds is 4. The van der Waals surface area contributed by atoms with E-state index in [9.17, 15) is 0 Å². The van der Waals surface area contributed by atoms with E-state index in [-0.39, 0.29) is 6.04 Å². The van der Waals surface area contributed by atoms with Gasteiger partial charge >= 0.3 is 0 Å². The molecule has 0 aliphatic carbocycles. The molecule has 0 aromatic heterocycles. The molecule has 1 rings (SSSR count). The molecule has 1 aromatic rings. The van der Waals surface area contributed by atoms with Crippen LogP contribution in [0.5, 0.6) is 0 Å². The molecule has 13 heavy (non-hydrogen) atoms. The van der Waals surface area contributed by atoms with Crippen LogP contribution in [0, 0.1) is 0 Å². The van der Waals surface area contributed by atoms with Crippen molar-refractivity contribution in [3.8, 4) is 0 Å². The average Bonchev–Trinajstić information content (AvgIpc) is 2.15. The highest BCUT2D eigenvalue weighted by Gasteiger charge is 2.05. The summed E-state index contributed by atoms with van der Waals surface area (Å²) in [7, 11) is 0. The maximum Gasteiger partial charge on any atom is 0.0269 e. The second-order valence-electron chi connectivity index (χ2n) is 3.36. The summed E-state index contributed by atoms with van der Waals surface area (Å²) in [4.78, 5) is 0. The SMILES string of the molecule is CC(N)CSC(C)c1ccccc1. The van der Waals surface area contributed by atoms with Crippen LogP contribution in [0.1, 0.15) is 24.7 Å². The first-order valence-electron chi connectivity index (χ1n) is 4.62. The molecule has 0 spiro atoms. The summed E-state index contributed by atoms with van der Waals surface area (Å²) in [5, 5.41) is 0.548. The van der Waals surface area contributed by atoms with Gasteiger partial charge in [0.1, 0.15) is 0 Å². The van der Waals surface area contributed by atoms with Crippen molar-refractivity contribution < 1.29 is 0 Å². The topological polar surface area (TPSA) is 26.0 Å². The van der Waals surface area contributed by atoms with Gasteiger partial charge in [0, 0.05) is 17.0 Å². The van der Waals surface area contributed by atoms with Gasteiger partial charge in [0.25, 0.3) is 0 Å². The lowest BCUT2D eigenvalue weighted by Crippen LogP contribution is -2.18. The Hall–Kier alpha value is -0.470. The third kappa shape index (κ3) is 3.83. The standard InChI is InChI=1S/C11H17NS/c1-9(12)8-13-10(2)11-6-4-3-5-7-11/h3-7,9-10H,8,12H2,1-2H3. The molecule has 1 nitrogen and oxygen atoms in total. The predicted molar refractivity (Wildman–Crippen MR) is 61.0 cm³/mol. The van der Waals surface area contributed by atoms with Crippen molar-refractivity contribution in [1.82, 2.24) is 0 Å². The predicted octanol–water partition coefficient (Wildman–Crippen LogP) is 2.83. The highest BCUT2D eigenvalue weighted by molar-refractivity contribution is 7.99. The van der Waals surface area contributed by atoms with Gasteiger partial charge in [-0.1, -0.05) is 30.3 Å². The zero-order valence-corrected chi connectivity index (χ0v) is 9.05. The Kier molecular flexibility index (Phi) is 4.33. The molecule has 0 saturated heterocycles. The van der Waals surface area contributed by atoms with Crippen LogP contribution in [0.4, 0.5) is 0 Å². The second-order valence-corrected chi connectivity index (χ2v) is 4.74. The molecule has 2 atom stereocenters. The number of nitrogens with two attached hydrogens (primary N) is 1. The van der Waals surface area contributed by atoms with Crippen molar-refractivity contribution in [3.05, 3.63) is 35.9 Å². The largest absolute Gasteiger partial charge is 0.327 e. The van der Waals surface area contributed by atoms with Crippen LogP contribution in [-0.2, 0) is 0 Å². The Balaban J connectivity index is 2.44. The molecule has 0 radical (unpaired) electrons. The Morgan fingerprint density at radius 1 is 1.23 bits per heavy atom. The van der Waals surface area contributed by atoms with E-state index >= 15 is 0 Å². The number of thioether (sulfide) groups is 1. The van der Waals surface area contributed by atoms with Crippen molar-refractivity contribution >= 4 is 11.8 Å². The minimum atomic E-state index is 0.288. The lowest BCUT2D eigenvalue weighted by molar-refractivity contribution is 0.844. The highest BCUT2D eigenvalue weighted by atomic mass is 32.2. The summed E-state index contributed by atoms with van der Waals surface area (Å²) in [6.45, 7) is 4.27. The lowest BCUT2D eigenvalue weighted by Gasteiger charge is -2.12.